The maximum atomic E-state index is 12.5. The van der Waals surface area contributed by atoms with Crippen LogP contribution >= 0.6 is 0 Å². The number of aryl methyl sites for hydroxylation is 1. The zero-order chi connectivity index (χ0) is 17.9. The highest BCUT2D eigenvalue weighted by atomic mass is 19.4. The summed E-state index contributed by atoms with van der Waals surface area (Å²) in [5.74, 6) is -0.901. The Kier molecular flexibility index (Phi) is 5.24. The SMILES string of the molecule is O=c1cc(-c2noc(C(F)(F)F)n2)ccn1CCCC1CCCCC1. The fraction of sp³-hybridized carbons (Fsp3) is 0.588. The van der Waals surface area contributed by atoms with Gasteiger partial charge in [0.1, 0.15) is 0 Å². The first-order valence-corrected chi connectivity index (χ1v) is 8.55. The van der Waals surface area contributed by atoms with Crippen molar-refractivity contribution in [3.8, 4) is 11.4 Å². The van der Waals surface area contributed by atoms with Crippen LogP contribution < -0.4 is 5.56 Å². The molecule has 8 heteroatoms. The molecule has 2 heterocycles. The van der Waals surface area contributed by atoms with Crippen molar-refractivity contribution in [3.63, 3.8) is 0 Å². The molecule has 0 saturated heterocycles. The maximum Gasteiger partial charge on any atom is 0.471 e. The Bertz CT molecular complexity index is 761. The summed E-state index contributed by atoms with van der Waals surface area (Å²) >= 11 is 0. The van der Waals surface area contributed by atoms with E-state index in [1.807, 2.05) is 0 Å². The van der Waals surface area contributed by atoms with Crippen molar-refractivity contribution in [2.24, 2.45) is 5.92 Å². The predicted molar refractivity (Wildman–Crippen MR) is 84.8 cm³/mol. The van der Waals surface area contributed by atoms with Gasteiger partial charge in [0.25, 0.3) is 5.56 Å². The van der Waals surface area contributed by atoms with Crippen LogP contribution in [0.2, 0.25) is 0 Å². The molecule has 0 bridgehead atoms. The van der Waals surface area contributed by atoms with Crippen molar-refractivity contribution < 1.29 is 17.7 Å². The van der Waals surface area contributed by atoms with E-state index in [0.29, 0.717) is 6.54 Å². The van der Waals surface area contributed by atoms with Crippen LogP contribution in [0.5, 0.6) is 0 Å². The van der Waals surface area contributed by atoms with E-state index in [2.05, 4.69) is 14.7 Å². The summed E-state index contributed by atoms with van der Waals surface area (Å²) < 4.78 is 43.2. The lowest BCUT2D eigenvalue weighted by Crippen LogP contribution is -2.19. The molecule has 0 aromatic carbocycles. The first-order valence-electron chi connectivity index (χ1n) is 8.55. The van der Waals surface area contributed by atoms with Gasteiger partial charge < -0.3 is 9.09 Å². The Hall–Kier alpha value is -2.12. The summed E-state index contributed by atoms with van der Waals surface area (Å²) in [7, 11) is 0. The molecule has 1 aliphatic carbocycles. The van der Waals surface area contributed by atoms with E-state index in [9.17, 15) is 18.0 Å². The highest BCUT2D eigenvalue weighted by Gasteiger charge is 2.38. The van der Waals surface area contributed by atoms with Gasteiger partial charge in [0.15, 0.2) is 0 Å². The van der Waals surface area contributed by atoms with Gasteiger partial charge in [-0.05, 0) is 24.8 Å². The monoisotopic (exact) mass is 355 g/mol. The molecule has 2 aromatic heterocycles. The van der Waals surface area contributed by atoms with Crippen LogP contribution in [0, 0.1) is 5.92 Å². The molecule has 5 nitrogen and oxygen atoms in total. The maximum absolute atomic E-state index is 12.5. The van der Waals surface area contributed by atoms with Gasteiger partial charge in [0.2, 0.25) is 5.82 Å². The van der Waals surface area contributed by atoms with Crippen molar-refractivity contribution in [1.29, 1.82) is 0 Å². The number of halogens is 3. The van der Waals surface area contributed by atoms with Gasteiger partial charge in [-0.25, -0.2) is 0 Å². The number of pyridine rings is 1. The number of aromatic nitrogens is 3. The standard InChI is InChI=1S/C17H20F3N3O2/c18-17(19,20)16-21-15(22-25-16)13-8-10-23(14(24)11-13)9-4-7-12-5-2-1-3-6-12/h8,10-12H,1-7,9H2. The number of hydrogen-bond donors (Lipinski definition) is 0. The normalized spacial score (nSPS) is 16.3. The smallest absolute Gasteiger partial charge is 0.329 e. The van der Waals surface area contributed by atoms with Crippen molar-refractivity contribution in [2.75, 3.05) is 0 Å². The van der Waals surface area contributed by atoms with Gasteiger partial charge >= 0.3 is 12.1 Å². The molecule has 0 N–H and O–H groups in total. The van der Waals surface area contributed by atoms with E-state index in [0.717, 1.165) is 18.8 Å². The topological polar surface area (TPSA) is 60.9 Å². The Labute approximate surface area is 142 Å². The Morgan fingerprint density at radius 1 is 1.24 bits per heavy atom. The van der Waals surface area contributed by atoms with E-state index >= 15 is 0 Å². The van der Waals surface area contributed by atoms with Crippen LogP contribution in [-0.4, -0.2) is 14.7 Å². The Balaban J connectivity index is 1.62. The summed E-state index contributed by atoms with van der Waals surface area (Å²) in [5, 5.41) is 3.29. The Morgan fingerprint density at radius 3 is 2.64 bits per heavy atom. The summed E-state index contributed by atoms with van der Waals surface area (Å²) in [5.41, 5.74) is -0.0627. The molecule has 0 unspecified atom stereocenters. The number of alkyl halides is 3. The second-order valence-electron chi connectivity index (χ2n) is 6.51. The molecule has 1 saturated carbocycles. The van der Waals surface area contributed by atoms with Gasteiger partial charge in [-0.2, -0.15) is 18.2 Å². The van der Waals surface area contributed by atoms with Gasteiger partial charge in [-0.1, -0.05) is 37.3 Å². The summed E-state index contributed by atoms with van der Waals surface area (Å²) in [6, 6.07) is 2.78. The molecule has 3 rings (SSSR count). The molecule has 1 aliphatic rings. The highest BCUT2D eigenvalue weighted by Crippen LogP contribution is 2.29. The van der Waals surface area contributed by atoms with Crippen LogP contribution in [0.15, 0.2) is 27.6 Å². The largest absolute Gasteiger partial charge is 0.471 e. The van der Waals surface area contributed by atoms with E-state index in [4.69, 9.17) is 0 Å². The third-order valence-electron chi connectivity index (χ3n) is 4.66. The zero-order valence-corrected chi connectivity index (χ0v) is 13.8. The number of rotatable bonds is 5. The fourth-order valence-electron chi connectivity index (χ4n) is 3.31. The molecule has 0 aliphatic heterocycles. The average Bonchev–Trinajstić information content (AvgIpc) is 3.08. The number of hydrogen-bond acceptors (Lipinski definition) is 4. The molecular weight excluding hydrogens is 335 g/mol. The molecule has 0 atom stereocenters. The van der Waals surface area contributed by atoms with E-state index in [-0.39, 0.29) is 16.9 Å². The van der Waals surface area contributed by atoms with Crippen LogP contribution in [0.3, 0.4) is 0 Å². The molecule has 136 valence electrons. The molecule has 0 radical (unpaired) electrons. The van der Waals surface area contributed by atoms with Gasteiger partial charge in [-0.3, -0.25) is 4.79 Å². The van der Waals surface area contributed by atoms with Crippen molar-refractivity contribution in [3.05, 3.63) is 34.6 Å². The van der Waals surface area contributed by atoms with Crippen LogP contribution in [0.4, 0.5) is 13.2 Å². The Morgan fingerprint density at radius 2 is 2.00 bits per heavy atom. The summed E-state index contributed by atoms with van der Waals surface area (Å²) in [4.78, 5) is 15.4. The van der Waals surface area contributed by atoms with E-state index in [1.54, 1.807) is 10.8 Å². The second-order valence-corrected chi connectivity index (χ2v) is 6.51. The van der Waals surface area contributed by atoms with Gasteiger partial charge in [-0.15, -0.1) is 0 Å². The molecular formula is C17H20F3N3O2. The third kappa shape index (κ3) is 4.49. The predicted octanol–water partition coefficient (Wildman–Crippen LogP) is 4.28. The first kappa shape index (κ1) is 17.7. The molecule has 1 fully saturated rings. The van der Waals surface area contributed by atoms with Crippen LogP contribution in [-0.2, 0) is 12.7 Å². The second kappa shape index (κ2) is 7.41. The lowest BCUT2D eigenvalue weighted by Gasteiger charge is -2.21. The van der Waals surface area contributed by atoms with Crippen molar-refractivity contribution in [2.45, 2.75) is 57.7 Å². The third-order valence-corrected chi connectivity index (χ3v) is 4.66. The summed E-state index contributed by atoms with van der Waals surface area (Å²) in [6.45, 7) is 0.607. The zero-order valence-electron chi connectivity index (χ0n) is 13.8. The van der Waals surface area contributed by atoms with Crippen molar-refractivity contribution in [1.82, 2.24) is 14.7 Å². The first-order chi connectivity index (χ1) is 11.9. The molecule has 0 amide bonds. The van der Waals surface area contributed by atoms with Crippen LogP contribution in [0.1, 0.15) is 50.8 Å². The minimum atomic E-state index is -4.70. The lowest BCUT2D eigenvalue weighted by molar-refractivity contribution is -0.159. The van der Waals surface area contributed by atoms with Crippen LogP contribution in [0.25, 0.3) is 11.4 Å². The molecule has 0 spiro atoms. The minimum absolute atomic E-state index is 0.216. The highest BCUT2D eigenvalue weighted by molar-refractivity contribution is 5.52. The lowest BCUT2D eigenvalue weighted by atomic mass is 9.86. The quantitative estimate of drug-likeness (QED) is 0.803. The average molecular weight is 355 g/mol. The van der Waals surface area contributed by atoms with Crippen molar-refractivity contribution >= 4 is 0 Å². The fourth-order valence-corrected chi connectivity index (χ4v) is 3.31. The molecule has 2 aromatic rings. The van der Waals surface area contributed by atoms with Gasteiger partial charge in [0, 0.05) is 24.4 Å². The van der Waals surface area contributed by atoms with E-state index in [1.165, 1.54) is 44.2 Å². The van der Waals surface area contributed by atoms with Gasteiger partial charge in [0.05, 0.1) is 0 Å². The number of nitrogens with zero attached hydrogens (tertiary/aromatic N) is 3. The molecule has 25 heavy (non-hydrogen) atoms. The van der Waals surface area contributed by atoms with E-state index < -0.39 is 12.1 Å². The minimum Gasteiger partial charge on any atom is -0.329 e. The summed E-state index contributed by atoms with van der Waals surface area (Å²) in [6.07, 6.45) is 5.36.